The largest absolute Gasteiger partial charge is 0.299 e. The molecule has 6 heteroatoms. The zero-order valence-electron chi connectivity index (χ0n) is 14.7. The molecule has 0 spiro atoms. The van der Waals surface area contributed by atoms with Gasteiger partial charge in [-0.1, -0.05) is 12.1 Å². The summed E-state index contributed by atoms with van der Waals surface area (Å²) in [5, 5.41) is 6.33. The van der Waals surface area contributed by atoms with Gasteiger partial charge in [-0.05, 0) is 23.1 Å². The highest BCUT2D eigenvalue weighted by atomic mass is 19.1. The lowest BCUT2D eigenvalue weighted by Crippen LogP contribution is -2.51. The molecule has 3 aromatic rings. The maximum absolute atomic E-state index is 12.4. The summed E-state index contributed by atoms with van der Waals surface area (Å²) in [6.45, 7) is 1.41. The molecule has 0 N–H and O–H groups in total. The summed E-state index contributed by atoms with van der Waals surface area (Å²) in [6.07, 6.45) is 5.97. The van der Waals surface area contributed by atoms with Crippen LogP contribution in [0.5, 0.6) is 0 Å². The van der Waals surface area contributed by atoms with Crippen LogP contribution in [-0.2, 0) is 18.3 Å². The van der Waals surface area contributed by atoms with Gasteiger partial charge in [0, 0.05) is 68.1 Å². The molecule has 4 rings (SSSR count). The number of nitrogens with zero attached hydrogens (tertiary/aromatic N) is 4. The van der Waals surface area contributed by atoms with Crippen LogP contribution in [0.3, 0.4) is 0 Å². The first kappa shape index (κ1) is 16.8. The second kappa shape index (κ2) is 6.96. The van der Waals surface area contributed by atoms with Crippen molar-refractivity contribution in [3.63, 3.8) is 0 Å². The van der Waals surface area contributed by atoms with E-state index < -0.39 is 0 Å². The number of ketones is 1. The number of hydrogen-bond acceptors (Lipinski definition) is 4. The number of aryl methyl sites for hydroxylation is 1. The maximum Gasteiger partial charge on any atom is 0.144 e. The highest BCUT2D eigenvalue weighted by Crippen LogP contribution is 2.25. The normalized spacial score (nSPS) is 15.3. The Kier molecular flexibility index (Phi) is 4.51. The van der Waals surface area contributed by atoms with Crippen LogP contribution in [0.4, 0.5) is 4.39 Å². The number of carbonyl (C=O) groups is 1. The monoisotopic (exact) mass is 352 g/mol. The Labute approximate surface area is 151 Å². The Morgan fingerprint density at radius 2 is 2.04 bits per heavy atom. The fourth-order valence-corrected chi connectivity index (χ4v) is 3.43. The number of benzene rings is 1. The van der Waals surface area contributed by atoms with Crippen molar-refractivity contribution in [2.45, 2.75) is 6.42 Å². The molecule has 1 fully saturated rings. The summed E-state index contributed by atoms with van der Waals surface area (Å²) in [5.41, 5.74) is 2.94. The van der Waals surface area contributed by atoms with E-state index in [1.54, 1.807) is 4.68 Å². The molecule has 134 valence electrons. The van der Waals surface area contributed by atoms with E-state index in [4.69, 9.17) is 0 Å². The van der Waals surface area contributed by atoms with Gasteiger partial charge in [0.2, 0.25) is 0 Å². The molecule has 0 aliphatic carbocycles. The standard InChI is InChI=1S/C20H21FN4O/c1-24-11-17(10-23-24)14-2-3-15-9-22-19(7-16(15)6-14)8-20(26)18-12-25(13-18)5-4-21/h2-3,6-7,9-11,18H,4-5,8,12-13H2,1H3. The first-order valence-electron chi connectivity index (χ1n) is 8.81. The predicted octanol–water partition coefficient (Wildman–Crippen LogP) is 2.65. The SMILES string of the molecule is Cn1cc(-c2ccc3cnc(CC(=O)C4CN(CCF)C4)cc3c2)cn1. The van der Waals surface area contributed by atoms with Gasteiger partial charge in [-0.2, -0.15) is 5.10 Å². The van der Waals surface area contributed by atoms with Crippen molar-refractivity contribution in [2.75, 3.05) is 26.3 Å². The molecule has 0 radical (unpaired) electrons. The molecule has 0 saturated carbocycles. The van der Waals surface area contributed by atoms with Crippen molar-refractivity contribution in [3.8, 4) is 11.1 Å². The molecule has 1 aliphatic heterocycles. The highest BCUT2D eigenvalue weighted by Gasteiger charge is 2.31. The molecule has 1 aliphatic rings. The average Bonchev–Trinajstić information content (AvgIpc) is 3.03. The number of carbonyl (C=O) groups excluding carboxylic acids is 1. The molecule has 1 aromatic carbocycles. The van der Waals surface area contributed by atoms with Gasteiger partial charge in [-0.25, -0.2) is 4.39 Å². The number of halogens is 1. The van der Waals surface area contributed by atoms with E-state index in [9.17, 15) is 9.18 Å². The van der Waals surface area contributed by atoms with E-state index in [0.29, 0.717) is 26.1 Å². The molecule has 26 heavy (non-hydrogen) atoms. The summed E-state index contributed by atoms with van der Waals surface area (Å²) in [5.74, 6) is 0.205. The van der Waals surface area contributed by atoms with Crippen molar-refractivity contribution < 1.29 is 9.18 Å². The summed E-state index contributed by atoms with van der Waals surface area (Å²) < 4.78 is 14.1. The van der Waals surface area contributed by atoms with Gasteiger partial charge in [0.1, 0.15) is 12.5 Å². The van der Waals surface area contributed by atoms with Crippen LogP contribution in [-0.4, -0.2) is 51.8 Å². The number of Topliss-reactive ketones (excluding diaryl/α,β-unsaturated/α-hetero) is 1. The van der Waals surface area contributed by atoms with Crippen LogP contribution in [0.15, 0.2) is 42.9 Å². The topological polar surface area (TPSA) is 51.0 Å². The quantitative estimate of drug-likeness (QED) is 0.684. The van der Waals surface area contributed by atoms with Crippen LogP contribution in [0.1, 0.15) is 5.69 Å². The van der Waals surface area contributed by atoms with Gasteiger partial charge >= 0.3 is 0 Å². The molecule has 0 bridgehead atoms. The van der Waals surface area contributed by atoms with Crippen LogP contribution >= 0.6 is 0 Å². The zero-order chi connectivity index (χ0) is 18.1. The minimum atomic E-state index is -0.355. The number of rotatable bonds is 6. The van der Waals surface area contributed by atoms with Crippen LogP contribution in [0, 0.1) is 5.92 Å². The minimum absolute atomic E-state index is 0.0146. The zero-order valence-corrected chi connectivity index (χ0v) is 14.7. The van der Waals surface area contributed by atoms with Crippen molar-refractivity contribution in [1.82, 2.24) is 19.7 Å². The van der Waals surface area contributed by atoms with Gasteiger partial charge < -0.3 is 0 Å². The van der Waals surface area contributed by atoms with E-state index in [2.05, 4.69) is 22.2 Å². The third-order valence-electron chi connectivity index (χ3n) is 4.99. The summed E-state index contributed by atoms with van der Waals surface area (Å²) >= 11 is 0. The lowest BCUT2D eigenvalue weighted by Gasteiger charge is -2.37. The Balaban J connectivity index is 1.50. The predicted molar refractivity (Wildman–Crippen MR) is 98.6 cm³/mol. The minimum Gasteiger partial charge on any atom is -0.299 e. The Morgan fingerprint density at radius 3 is 2.77 bits per heavy atom. The molecular formula is C20H21FN4O. The van der Waals surface area contributed by atoms with Gasteiger partial charge in [-0.15, -0.1) is 0 Å². The second-order valence-electron chi connectivity index (χ2n) is 6.93. The molecule has 0 amide bonds. The smallest absolute Gasteiger partial charge is 0.144 e. The van der Waals surface area contributed by atoms with Gasteiger partial charge in [0.05, 0.1) is 6.20 Å². The lowest BCUT2D eigenvalue weighted by molar-refractivity contribution is -0.127. The average molecular weight is 352 g/mol. The van der Waals surface area contributed by atoms with Crippen molar-refractivity contribution in [1.29, 1.82) is 0 Å². The molecule has 2 aromatic heterocycles. The van der Waals surface area contributed by atoms with Gasteiger partial charge in [-0.3, -0.25) is 19.4 Å². The number of pyridine rings is 1. The van der Waals surface area contributed by atoms with Crippen LogP contribution in [0.2, 0.25) is 0 Å². The Hall–Kier alpha value is -2.60. The van der Waals surface area contributed by atoms with Gasteiger partial charge in [0.25, 0.3) is 0 Å². The summed E-state index contributed by atoms with van der Waals surface area (Å²) in [4.78, 5) is 18.8. The van der Waals surface area contributed by atoms with Crippen molar-refractivity contribution >= 4 is 16.6 Å². The van der Waals surface area contributed by atoms with Crippen LogP contribution < -0.4 is 0 Å². The van der Waals surface area contributed by atoms with E-state index in [-0.39, 0.29) is 18.4 Å². The molecular weight excluding hydrogens is 331 g/mol. The number of hydrogen-bond donors (Lipinski definition) is 0. The number of alkyl halides is 1. The first-order valence-corrected chi connectivity index (χ1v) is 8.81. The van der Waals surface area contributed by atoms with Crippen molar-refractivity contribution in [3.05, 3.63) is 48.5 Å². The number of aromatic nitrogens is 3. The lowest BCUT2D eigenvalue weighted by atomic mass is 9.92. The van der Waals surface area contributed by atoms with E-state index >= 15 is 0 Å². The summed E-state index contributed by atoms with van der Waals surface area (Å²) in [7, 11) is 1.90. The Bertz CT molecular complexity index is 946. The molecule has 1 saturated heterocycles. The van der Waals surface area contributed by atoms with E-state index in [1.807, 2.05) is 42.7 Å². The first-order chi connectivity index (χ1) is 12.6. The molecule has 3 heterocycles. The highest BCUT2D eigenvalue weighted by molar-refractivity contribution is 5.89. The third-order valence-corrected chi connectivity index (χ3v) is 4.99. The maximum atomic E-state index is 12.4. The van der Waals surface area contributed by atoms with E-state index in [0.717, 1.165) is 27.6 Å². The van der Waals surface area contributed by atoms with E-state index in [1.165, 1.54) is 0 Å². The fraction of sp³-hybridized carbons (Fsp3) is 0.350. The van der Waals surface area contributed by atoms with Gasteiger partial charge in [0.15, 0.2) is 0 Å². The Morgan fingerprint density at radius 1 is 1.19 bits per heavy atom. The number of fused-ring (bicyclic) bond motifs is 1. The van der Waals surface area contributed by atoms with Crippen LogP contribution in [0.25, 0.3) is 21.9 Å². The summed E-state index contributed by atoms with van der Waals surface area (Å²) in [6, 6.07) is 8.19. The molecule has 5 nitrogen and oxygen atoms in total. The molecule has 0 unspecified atom stereocenters. The van der Waals surface area contributed by atoms with Crippen molar-refractivity contribution in [2.24, 2.45) is 13.0 Å². The third kappa shape index (κ3) is 3.37. The fourth-order valence-electron chi connectivity index (χ4n) is 3.43. The molecule has 0 atom stereocenters. The second-order valence-corrected chi connectivity index (χ2v) is 6.93. The number of likely N-dealkylation sites (tertiary alicyclic amines) is 1.